The van der Waals surface area contributed by atoms with Crippen LogP contribution in [-0.4, -0.2) is 6.04 Å². The van der Waals surface area contributed by atoms with Crippen molar-refractivity contribution >= 4 is 0 Å². The summed E-state index contributed by atoms with van der Waals surface area (Å²) in [6.07, 6.45) is 13.0. The van der Waals surface area contributed by atoms with E-state index in [9.17, 15) is 0 Å². The maximum Gasteiger partial charge on any atom is 0.00955 e. The fraction of sp³-hybridized carbons (Fsp3) is 1.00. The molecule has 104 valence electrons. The van der Waals surface area contributed by atoms with Gasteiger partial charge in [-0.1, -0.05) is 66.2 Å². The van der Waals surface area contributed by atoms with Crippen molar-refractivity contribution in [2.75, 3.05) is 0 Å². The average Bonchev–Trinajstić information content (AvgIpc) is 2.30. The molecule has 0 saturated heterocycles. The molecule has 0 fully saturated rings. The van der Waals surface area contributed by atoms with E-state index in [1.54, 1.807) is 0 Å². The Morgan fingerprint density at radius 1 is 0.765 bits per heavy atom. The lowest BCUT2D eigenvalue weighted by molar-refractivity contribution is 0.152. The largest absolute Gasteiger partial charge is 0.327 e. The summed E-state index contributed by atoms with van der Waals surface area (Å²) >= 11 is 0. The van der Waals surface area contributed by atoms with Gasteiger partial charge in [0.15, 0.2) is 0 Å². The SMILES string of the molecule is CCCCCC(N)C(CCC)(CCC)CCC. The fourth-order valence-corrected chi connectivity index (χ4v) is 3.35. The van der Waals surface area contributed by atoms with E-state index in [-0.39, 0.29) is 0 Å². The van der Waals surface area contributed by atoms with Crippen LogP contribution < -0.4 is 5.73 Å². The van der Waals surface area contributed by atoms with Crippen molar-refractivity contribution in [1.29, 1.82) is 0 Å². The van der Waals surface area contributed by atoms with Crippen molar-refractivity contribution in [2.45, 2.75) is 97.9 Å². The molecule has 1 nitrogen and oxygen atoms in total. The Hall–Kier alpha value is -0.0400. The van der Waals surface area contributed by atoms with Crippen LogP contribution in [0.5, 0.6) is 0 Å². The van der Waals surface area contributed by atoms with Crippen molar-refractivity contribution < 1.29 is 0 Å². The molecule has 17 heavy (non-hydrogen) atoms. The molecule has 0 radical (unpaired) electrons. The molecule has 0 heterocycles. The van der Waals surface area contributed by atoms with Crippen LogP contribution in [0.15, 0.2) is 0 Å². The number of unbranched alkanes of at least 4 members (excludes halogenated alkanes) is 2. The van der Waals surface area contributed by atoms with Crippen LogP contribution in [0.1, 0.15) is 91.9 Å². The Morgan fingerprint density at radius 3 is 1.59 bits per heavy atom. The first kappa shape index (κ1) is 17.0. The highest BCUT2D eigenvalue weighted by molar-refractivity contribution is 4.88. The van der Waals surface area contributed by atoms with Gasteiger partial charge < -0.3 is 5.73 Å². The standard InChI is InChI=1S/C16H35N/c1-5-9-10-11-15(17)16(12-6-2,13-7-3)14-8-4/h15H,5-14,17H2,1-4H3. The third kappa shape index (κ3) is 5.90. The minimum Gasteiger partial charge on any atom is -0.327 e. The zero-order valence-electron chi connectivity index (χ0n) is 12.7. The smallest absolute Gasteiger partial charge is 0.00955 e. The van der Waals surface area contributed by atoms with Crippen molar-refractivity contribution in [3.8, 4) is 0 Å². The van der Waals surface area contributed by atoms with Crippen molar-refractivity contribution in [3.05, 3.63) is 0 Å². The summed E-state index contributed by atoms with van der Waals surface area (Å²) in [6.45, 7) is 9.18. The first-order valence-electron chi connectivity index (χ1n) is 7.92. The predicted octanol–water partition coefficient (Wildman–Crippen LogP) is 5.28. The highest BCUT2D eigenvalue weighted by Gasteiger charge is 2.33. The summed E-state index contributed by atoms with van der Waals surface area (Å²) in [4.78, 5) is 0. The molecule has 0 aromatic rings. The number of hydrogen-bond donors (Lipinski definition) is 1. The molecule has 0 amide bonds. The molecule has 1 heteroatoms. The molecule has 0 saturated carbocycles. The van der Waals surface area contributed by atoms with Crippen LogP contribution in [0.4, 0.5) is 0 Å². The van der Waals surface area contributed by atoms with Gasteiger partial charge in [-0.2, -0.15) is 0 Å². The third-order valence-corrected chi connectivity index (χ3v) is 4.15. The minimum atomic E-state index is 0.425. The molecule has 0 aliphatic heterocycles. The molecule has 0 spiro atoms. The Bertz CT molecular complexity index is 148. The van der Waals surface area contributed by atoms with E-state index in [0.29, 0.717) is 11.5 Å². The minimum absolute atomic E-state index is 0.425. The van der Waals surface area contributed by atoms with Gasteiger partial charge in [0.05, 0.1) is 0 Å². The van der Waals surface area contributed by atoms with Crippen LogP contribution in [0.2, 0.25) is 0 Å². The maximum absolute atomic E-state index is 6.55. The highest BCUT2D eigenvalue weighted by atomic mass is 14.7. The maximum atomic E-state index is 6.55. The lowest BCUT2D eigenvalue weighted by atomic mass is 9.69. The van der Waals surface area contributed by atoms with Gasteiger partial charge in [-0.05, 0) is 31.1 Å². The van der Waals surface area contributed by atoms with Crippen LogP contribution in [0.3, 0.4) is 0 Å². The lowest BCUT2D eigenvalue weighted by Gasteiger charge is -2.39. The van der Waals surface area contributed by atoms with Gasteiger partial charge in [0, 0.05) is 6.04 Å². The van der Waals surface area contributed by atoms with Crippen LogP contribution in [-0.2, 0) is 0 Å². The molecular weight excluding hydrogens is 206 g/mol. The van der Waals surface area contributed by atoms with E-state index in [2.05, 4.69) is 27.7 Å². The van der Waals surface area contributed by atoms with Gasteiger partial charge in [0.1, 0.15) is 0 Å². The van der Waals surface area contributed by atoms with Crippen LogP contribution in [0.25, 0.3) is 0 Å². The summed E-state index contributed by atoms with van der Waals surface area (Å²) in [5, 5.41) is 0. The van der Waals surface area contributed by atoms with Crippen molar-refractivity contribution in [3.63, 3.8) is 0 Å². The molecule has 0 aromatic heterocycles. The molecule has 2 N–H and O–H groups in total. The van der Waals surface area contributed by atoms with E-state index in [1.807, 2.05) is 0 Å². The van der Waals surface area contributed by atoms with E-state index >= 15 is 0 Å². The summed E-state index contributed by atoms with van der Waals surface area (Å²) in [7, 11) is 0. The Morgan fingerprint density at radius 2 is 1.24 bits per heavy atom. The van der Waals surface area contributed by atoms with E-state index < -0.39 is 0 Å². The molecule has 0 aliphatic carbocycles. The second kappa shape index (κ2) is 9.94. The second-order valence-corrected chi connectivity index (χ2v) is 5.71. The first-order chi connectivity index (χ1) is 8.16. The van der Waals surface area contributed by atoms with Crippen LogP contribution in [0, 0.1) is 5.41 Å². The van der Waals surface area contributed by atoms with Crippen molar-refractivity contribution in [1.82, 2.24) is 0 Å². The zero-order valence-corrected chi connectivity index (χ0v) is 12.7. The quantitative estimate of drug-likeness (QED) is 0.489. The summed E-state index contributed by atoms with van der Waals surface area (Å²) in [5.74, 6) is 0. The van der Waals surface area contributed by atoms with Crippen LogP contribution >= 0.6 is 0 Å². The zero-order chi connectivity index (χ0) is 13.1. The molecule has 0 rings (SSSR count). The van der Waals surface area contributed by atoms with E-state index in [1.165, 1.54) is 64.2 Å². The van der Waals surface area contributed by atoms with Gasteiger partial charge in [0.25, 0.3) is 0 Å². The first-order valence-corrected chi connectivity index (χ1v) is 7.92. The average molecular weight is 241 g/mol. The lowest BCUT2D eigenvalue weighted by Crippen LogP contribution is -2.41. The topological polar surface area (TPSA) is 26.0 Å². The van der Waals surface area contributed by atoms with Gasteiger partial charge in [-0.3, -0.25) is 0 Å². The summed E-state index contributed by atoms with van der Waals surface area (Å²) in [6, 6.07) is 0.425. The van der Waals surface area contributed by atoms with E-state index in [4.69, 9.17) is 5.73 Å². The summed E-state index contributed by atoms with van der Waals surface area (Å²) in [5.41, 5.74) is 6.99. The Balaban J connectivity index is 4.48. The number of nitrogens with two attached hydrogens (primary N) is 1. The molecule has 1 atom stereocenters. The monoisotopic (exact) mass is 241 g/mol. The number of rotatable bonds is 11. The Kier molecular flexibility index (Phi) is 9.91. The van der Waals surface area contributed by atoms with Gasteiger partial charge >= 0.3 is 0 Å². The highest BCUT2D eigenvalue weighted by Crippen LogP contribution is 2.39. The molecule has 0 aliphatic rings. The molecule has 0 bridgehead atoms. The fourth-order valence-electron chi connectivity index (χ4n) is 3.35. The van der Waals surface area contributed by atoms with Gasteiger partial charge in [-0.15, -0.1) is 0 Å². The number of hydrogen-bond acceptors (Lipinski definition) is 1. The van der Waals surface area contributed by atoms with E-state index in [0.717, 1.165) is 0 Å². The molecule has 0 aromatic carbocycles. The molecule has 1 unspecified atom stereocenters. The van der Waals surface area contributed by atoms with Gasteiger partial charge in [0.2, 0.25) is 0 Å². The predicted molar refractivity (Wildman–Crippen MR) is 79.3 cm³/mol. The molecular formula is C16H35N. The van der Waals surface area contributed by atoms with Gasteiger partial charge in [-0.25, -0.2) is 0 Å². The Labute approximate surface area is 110 Å². The second-order valence-electron chi connectivity index (χ2n) is 5.71. The summed E-state index contributed by atoms with van der Waals surface area (Å²) < 4.78 is 0. The third-order valence-electron chi connectivity index (χ3n) is 4.15. The normalized spacial score (nSPS) is 13.9. The van der Waals surface area contributed by atoms with Crippen molar-refractivity contribution in [2.24, 2.45) is 11.1 Å².